The molecule has 5 nitrogen and oxygen atoms in total. The van der Waals surface area contributed by atoms with Crippen LogP contribution in [0.2, 0.25) is 0 Å². The molecule has 1 amide bonds. The molecule has 0 saturated heterocycles. The van der Waals surface area contributed by atoms with Crippen LogP contribution in [-0.2, 0) is 9.59 Å². The van der Waals surface area contributed by atoms with Gasteiger partial charge in [-0.25, -0.2) is 0 Å². The van der Waals surface area contributed by atoms with E-state index < -0.39 is 17.8 Å². The summed E-state index contributed by atoms with van der Waals surface area (Å²) in [5.41, 5.74) is 0.962. The Morgan fingerprint density at radius 2 is 1.86 bits per heavy atom. The number of carboxylic acids is 1. The maximum Gasteiger partial charge on any atom is 0.307 e. The van der Waals surface area contributed by atoms with E-state index in [1.807, 2.05) is 31.2 Å². The average Bonchev–Trinajstić information content (AvgIpc) is 3.08. The van der Waals surface area contributed by atoms with Crippen molar-refractivity contribution in [1.29, 1.82) is 0 Å². The maximum atomic E-state index is 12.5. The molecule has 0 spiro atoms. The van der Waals surface area contributed by atoms with Crippen LogP contribution in [-0.4, -0.2) is 22.0 Å². The molecule has 5 atom stereocenters. The van der Waals surface area contributed by atoms with Crippen LogP contribution in [0.25, 0.3) is 0 Å². The van der Waals surface area contributed by atoms with Gasteiger partial charge < -0.3 is 10.4 Å². The Morgan fingerprint density at radius 1 is 1.24 bits per heavy atom. The van der Waals surface area contributed by atoms with Gasteiger partial charge in [0.15, 0.2) is 0 Å². The summed E-state index contributed by atoms with van der Waals surface area (Å²) < 4.78 is 0. The second-order valence-electron chi connectivity index (χ2n) is 5.85. The Balaban J connectivity index is 1.73. The van der Waals surface area contributed by atoms with Crippen LogP contribution in [0.3, 0.4) is 0 Å². The van der Waals surface area contributed by atoms with Gasteiger partial charge in [0.25, 0.3) is 0 Å². The Bertz CT molecular complexity index is 584. The number of aromatic nitrogens is 1. The third-order valence-corrected chi connectivity index (χ3v) is 4.61. The molecule has 1 aromatic heterocycles. The van der Waals surface area contributed by atoms with Crippen molar-refractivity contribution >= 4 is 11.9 Å². The predicted molar refractivity (Wildman–Crippen MR) is 76.1 cm³/mol. The highest BCUT2D eigenvalue weighted by atomic mass is 16.4. The average molecular weight is 286 g/mol. The lowest BCUT2D eigenvalue weighted by molar-refractivity contribution is -0.148. The summed E-state index contributed by atoms with van der Waals surface area (Å²) >= 11 is 0. The lowest BCUT2D eigenvalue weighted by atomic mass is 9.82. The number of allylic oxidation sites excluding steroid dienone is 2. The SMILES string of the molecule is C[C@H](NC(=O)[C@H]1[C@H](C(=O)O)[C@H]2C=C[C@H]1C2)c1ccncc1. The number of fused-ring (bicyclic) bond motifs is 2. The first-order valence-electron chi connectivity index (χ1n) is 7.19. The number of nitrogens with one attached hydrogen (secondary N) is 1. The molecule has 0 aliphatic heterocycles. The third-order valence-electron chi connectivity index (χ3n) is 4.61. The van der Waals surface area contributed by atoms with Crippen molar-refractivity contribution in [2.75, 3.05) is 0 Å². The molecule has 2 N–H and O–H groups in total. The Labute approximate surface area is 123 Å². The molecule has 0 aromatic carbocycles. The molecular weight excluding hydrogens is 268 g/mol. The number of carboxylic acid groups (broad SMARTS) is 1. The monoisotopic (exact) mass is 286 g/mol. The highest BCUT2D eigenvalue weighted by molar-refractivity contribution is 5.87. The van der Waals surface area contributed by atoms with E-state index in [2.05, 4.69) is 10.3 Å². The zero-order valence-corrected chi connectivity index (χ0v) is 11.8. The van der Waals surface area contributed by atoms with E-state index >= 15 is 0 Å². The molecule has 2 aliphatic rings. The van der Waals surface area contributed by atoms with Crippen molar-refractivity contribution in [1.82, 2.24) is 10.3 Å². The second-order valence-corrected chi connectivity index (χ2v) is 5.85. The number of aliphatic carboxylic acids is 1. The van der Waals surface area contributed by atoms with Gasteiger partial charge in [0, 0.05) is 12.4 Å². The molecule has 0 radical (unpaired) electrons. The number of nitrogens with zero attached hydrogens (tertiary/aromatic N) is 1. The number of pyridine rings is 1. The Hall–Kier alpha value is -2.17. The highest BCUT2D eigenvalue weighted by Crippen LogP contribution is 2.48. The predicted octanol–water partition coefficient (Wildman–Crippen LogP) is 1.78. The van der Waals surface area contributed by atoms with Gasteiger partial charge in [-0.3, -0.25) is 14.6 Å². The normalized spacial score (nSPS) is 31.1. The summed E-state index contributed by atoms with van der Waals surface area (Å²) in [6, 6.07) is 3.54. The maximum absolute atomic E-state index is 12.5. The summed E-state index contributed by atoms with van der Waals surface area (Å²) in [5.74, 6) is -2.03. The quantitative estimate of drug-likeness (QED) is 0.827. The van der Waals surface area contributed by atoms with E-state index in [-0.39, 0.29) is 23.8 Å². The highest BCUT2D eigenvalue weighted by Gasteiger charge is 2.51. The van der Waals surface area contributed by atoms with Gasteiger partial charge in [-0.1, -0.05) is 12.2 Å². The summed E-state index contributed by atoms with van der Waals surface area (Å²) in [4.78, 5) is 27.9. The number of hydrogen-bond donors (Lipinski definition) is 2. The van der Waals surface area contributed by atoms with E-state index in [0.29, 0.717) is 0 Å². The molecule has 3 rings (SSSR count). The minimum Gasteiger partial charge on any atom is -0.481 e. The number of hydrogen-bond acceptors (Lipinski definition) is 3. The van der Waals surface area contributed by atoms with Gasteiger partial charge in [-0.05, 0) is 42.9 Å². The lowest BCUT2D eigenvalue weighted by Crippen LogP contribution is -2.41. The van der Waals surface area contributed by atoms with Crippen molar-refractivity contribution in [3.8, 4) is 0 Å². The Morgan fingerprint density at radius 3 is 2.48 bits per heavy atom. The van der Waals surface area contributed by atoms with E-state index in [1.165, 1.54) is 0 Å². The third kappa shape index (κ3) is 2.44. The minimum absolute atomic E-state index is 0.000480. The largest absolute Gasteiger partial charge is 0.481 e. The summed E-state index contributed by atoms with van der Waals surface area (Å²) in [6.07, 6.45) is 8.07. The number of carbonyl (C=O) groups excluding carboxylic acids is 1. The first-order chi connectivity index (χ1) is 10.1. The van der Waals surface area contributed by atoms with Gasteiger partial charge in [-0.2, -0.15) is 0 Å². The fraction of sp³-hybridized carbons (Fsp3) is 0.438. The zero-order chi connectivity index (χ0) is 15.0. The second kappa shape index (κ2) is 5.31. The van der Waals surface area contributed by atoms with Crippen LogP contribution in [0.1, 0.15) is 24.9 Å². The van der Waals surface area contributed by atoms with Gasteiger partial charge in [0.1, 0.15) is 0 Å². The molecule has 2 aliphatic carbocycles. The number of rotatable bonds is 4. The standard InChI is InChI=1S/C16H18N2O3/c1-9(10-4-6-17-7-5-10)18-15(19)13-11-2-3-12(8-11)14(13)16(20)21/h2-7,9,11-14H,8H2,1H3,(H,18,19)(H,20,21)/t9-,11-,12-,13+,14+/m0/s1. The number of amides is 1. The van der Waals surface area contributed by atoms with Crippen LogP contribution in [0, 0.1) is 23.7 Å². The topological polar surface area (TPSA) is 79.3 Å². The fourth-order valence-corrected chi connectivity index (χ4v) is 3.56. The van der Waals surface area contributed by atoms with Crippen LogP contribution in [0.15, 0.2) is 36.7 Å². The number of carbonyl (C=O) groups is 2. The van der Waals surface area contributed by atoms with Gasteiger partial charge in [0.05, 0.1) is 17.9 Å². The van der Waals surface area contributed by atoms with E-state index in [9.17, 15) is 14.7 Å². The van der Waals surface area contributed by atoms with Crippen molar-refractivity contribution in [2.24, 2.45) is 23.7 Å². The van der Waals surface area contributed by atoms with Gasteiger partial charge in [0.2, 0.25) is 5.91 Å². The van der Waals surface area contributed by atoms with E-state index in [0.717, 1.165) is 12.0 Å². The molecule has 1 fully saturated rings. The van der Waals surface area contributed by atoms with Crippen molar-refractivity contribution < 1.29 is 14.7 Å². The van der Waals surface area contributed by atoms with Crippen molar-refractivity contribution in [3.05, 3.63) is 42.2 Å². The van der Waals surface area contributed by atoms with E-state index in [4.69, 9.17) is 0 Å². The van der Waals surface area contributed by atoms with Crippen LogP contribution >= 0.6 is 0 Å². The molecular formula is C16H18N2O3. The Kier molecular flexibility index (Phi) is 3.49. The van der Waals surface area contributed by atoms with Crippen molar-refractivity contribution in [2.45, 2.75) is 19.4 Å². The van der Waals surface area contributed by atoms with Crippen molar-refractivity contribution in [3.63, 3.8) is 0 Å². The van der Waals surface area contributed by atoms with Crippen LogP contribution < -0.4 is 5.32 Å². The van der Waals surface area contributed by atoms with E-state index in [1.54, 1.807) is 12.4 Å². The molecule has 5 heteroatoms. The summed E-state index contributed by atoms with van der Waals surface area (Å²) in [5, 5.41) is 12.3. The molecule has 2 bridgehead atoms. The van der Waals surface area contributed by atoms with Crippen LogP contribution in [0.5, 0.6) is 0 Å². The molecule has 21 heavy (non-hydrogen) atoms. The van der Waals surface area contributed by atoms with Gasteiger partial charge in [-0.15, -0.1) is 0 Å². The first-order valence-corrected chi connectivity index (χ1v) is 7.19. The molecule has 1 heterocycles. The smallest absolute Gasteiger partial charge is 0.307 e. The first kappa shape index (κ1) is 13.8. The summed E-state index contributed by atoms with van der Waals surface area (Å²) in [7, 11) is 0. The van der Waals surface area contributed by atoms with Crippen LogP contribution in [0.4, 0.5) is 0 Å². The minimum atomic E-state index is -0.872. The van der Waals surface area contributed by atoms with Gasteiger partial charge >= 0.3 is 5.97 Å². The molecule has 1 saturated carbocycles. The molecule has 1 aromatic rings. The molecule has 110 valence electrons. The molecule has 0 unspecified atom stereocenters. The lowest BCUT2D eigenvalue weighted by Gasteiger charge is -2.25. The summed E-state index contributed by atoms with van der Waals surface area (Å²) in [6.45, 7) is 1.89. The fourth-order valence-electron chi connectivity index (χ4n) is 3.56. The zero-order valence-electron chi connectivity index (χ0n) is 11.8.